The fourth-order valence-electron chi connectivity index (χ4n) is 3.03. The molecule has 1 saturated heterocycles. The van der Waals surface area contributed by atoms with E-state index < -0.39 is 12.1 Å². The van der Waals surface area contributed by atoms with Crippen molar-refractivity contribution in [3.8, 4) is 11.8 Å². The van der Waals surface area contributed by atoms with Gasteiger partial charge in [-0.3, -0.25) is 4.79 Å². The molecule has 0 spiro atoms. The van der Waals surface area contributed by atoms with Crippen molar-refractivity contribution < 1.29 is 19.0 Å². The summed E-state index contributed by atoms with van der Waals surface area (Å²) >= 11 is 0. The van der Waals surface area contributed by atoms with Gasteiger partial charge >= 0.3 is 0 Å². The van der Waals surface area contributed by atoms with Gasteiger partial charge in [0.2, 0.25) is 0 Å². The Morgan fingerprint density at radius 1 is 1.32 bits per heavy atom. The minimum absolute atomic E-state index is 0.170. The van der Waals surface area contributed by atoms with Gasteiger partial charge in [0.25, 0.3) is 5.91 Å². The number of ether oxygens (including phenoxy) is 1. The zero-order valence-corrected chi connectivity index (χ0v) is 13.4. The molecule has 2 atom stereocenters. The number of nitrogens with zero attached hydrogens (tertiary/aromatic N) is 2. The highest BCUT2D eigenvalue weighted by Crippen LogP contribution is 2.32. The van der Waals surface area contributed by atoms with Crippen LogP contribution in [0, 0.1) is 17.1 Å². The Morgan fingerprint density at radius 3 is 2.88 bits per heavy atom. The number of benzene rings is 2. The van der Waals surface area contributed by atoms with Gasteiger partial charge in [0.05, 0.1) is 17.7 Å². The lowest BCUT2D eigenvalue weighted by Gasteiger charge is -2.25. The first-order chi connectivity index (χ1) is 12.1. The van der Waals surface area contributed by atoms with E-state index in [2.05, 4.69) is 0 Å². The predicted molar refractivity (Wildman–Crippen MR) is 88.1 cm³/mol. The van der Waals surface area contributed by atoms with E-state index in [4.69, 9.17) is 10.00 Å². The number of para-hydroxylation sites is 1. The number of carbonyl (C=O) groups is 1. The summed E-state index contributed by atoms with van der Waals surface area (Å²) in [7, 11) is 0. The number of halogens is 1. The standard InChI is InChI=1S/C19H17FN2O3/c20-15-6-3-5-13(8-15)17-9-16(23)11-22(17)19(24)12-25-18-7-2-1-4-14(18)10-21/h1-8,16-17,23H,9,11-12H2/t16-,17+/m1/s1. The average molecular weight is 340 g/mol. The van der Waals surface area contributed by atoms with Crippen molar-refractivity contribution in [1.29, 1.82) is 5.26 Å². The minimum Gasteiger partial charge on any atom is -0.482 e. The first kappa shape index (κ1) is 16.9. The number of hydrogen-bond acceptors (Lipinski definition) is 4. The summed E-state index contributed by atoms with van der Waals surface area (Å²) in [6.07, 6.45) is -0.312. The Hall–Kier alpha value is -2.91. The van der Waals surface area contributed by atoms with E-state index in [9.17, 15) is 14.3 Å². The maximum Gasteiger partial charge on any atom is 0.261 e. The smallest absolute Gasteiger partial charge is 0.261 e. The second kappa shape index (κ2) is 7.32. The molecular formula is C19H17FN2O3. The van der Waals surface area contributed by atoms with E-state index in [0.717, 1.165) is 0 Å². The molecule has 0 radical (unpaired) electrons. The number of rotatable bonds is 4. The van der Waals surface area contributed by atoms with Crippen molar-refractivity contribution in [1.82, 2.24) is 4.90 Å². The van der Waals surface area contributed by atoms with Gasteiger partial charge in [-0.2, -0.15) is 5.26 Å². The van der Waals surface area contributed by atoms with Crippen LogP contribution in [-0.4, -0.2) is 35.2 Å². The molecule has 6 heteroatoms. The first-order valence-electron chi connectivity index (χ1n) is 7.93. The summed E-state index contributed by atoms with van der Waals surface area (Å²) in [5.74, 6) is -0.371. The number of hydrogen-bond donors (Lipinski definition) is 1. The summed E-state index contributed by atoms with van der Waals surface area (Å²) < 4.78 is 19.0. The van der Waals surface area contributed by atoms with Gasteiger partial charge in [0.1, 0.15) is 17.6 Å². The molecule has 0 saturated carbocycles. The van der Waals surface area contributed by atoms with Crippen LogP contribution in [0.25, 0.3) is 0 Å². The second-order valence-corrected chi connectivity index (χ2v) is 5.90. The van der Waals surface area contributed by atoms with E-state index >= 15 is 0 Å². The van der Waals surface area contributed by atoms with E-state index in [1.54, 1.807) is 36.4 Å². The lowest BCUT2D eigenvalue weighted by Crippen LogP contribution is -2.35. The van der Waals surface area contributed by atoms with Crippen LogP contribution in [0.5, 0.6) is 5.75 Å². The second-order valence-electron chi connectivity index (χ2n) is 5.90. The number of carbonyl (C=O) groups excluding carboxylic acids is 1. The lowest BCUT2D eigenvalue weighted by molar-refractivity contribution is -0.134. The maximum absolute atomic E-state index is 13.5. The molecule has 2 aromatic rings. The van der Waals surface area contributed by atoms with Crippen molar-refractivity contribution in [2.24, 2.45) is 0 Å². The number of aliphatic hydroxyl groups excluding tert-OH is 1. The number of likely N-dealkylation sites (tertiary alicyclic amines) is 1. The first-order valence-corrected chi connectivity index (χ1v) is 7.93. The zero-order chi connectivity index (χ0) is 17.8. The summed E-state index contributed by atoms with van der Waals surface area (Å²) in [6, 6.07) is 14.3. The summed E-state index contributed by atoms with van der Waals surface area (Å²) in [4.78, 5) is 14.0. The molecule has 0 aromatic heterocycles. The van der Waals surface area contributed by atoms with Gasteiger partial charge in [-0.1, -0.05) is 24.3 Å². The zero-order valence-electron chi connectivity index (χ0n) is 13.4. The molecule has 25 heavy (non-hydrogen) atoms. The SMILES string of the molecule is N#Cc1ccccc1OCC(=O)N1C[C@H](O)C[C@H]1c1cccc(F)c1. The molecule has 3 rings (SSSR count). The molecule has 1 fully saturated rings. The molecular weight excluding hydrogens is 323 g/mol. The van der Waals surface area contributed by atoms with E-state index in [-0.39, 0.29) is 24.9 Å². The molecule has 0 aliphatic carbocycles. The largest absolute Gasteiger partial charge is 0.482 e. The summed E-state index contributed by atoms with van der Waals surface area (Å²) in [5, 5.41) is 19.0. The number of aliphatic hydroxyl groups is 1. The van der Waals surface area contributed by atoms with Crippen LogP contribution in [0.2, 0.25) is 0 Å². The third kappa shape index (κ3) is 3.78. The van der Waals surface area contributed by atoms with Crippen molar-refractivity contribution in [3.63, 3.8) is 0 Å². The van der Waals surface area contributed by atoms with Crippen molar-refractivity contribution in [3.05, 3.63) is 65.5 Å². The molecule has 128 valence electrons. The lowest BCUT2D eigenvalue weighted by atomic mass is 10.0. The van der Waals surface area contributed by atoms with Gasteiger partial charge in [-0.25, -0.2) is 4.39 Å². The van der Waals surface area contributed by atoms with Crippen LogP contribution in [0.1, 0.15) is 23.6 Å². The van der Waals surface area contributed by atoms with E-state index in [0.29, 0.717) is 23.3 Å². The normalized spacial score (nSPS) is 19.5. The molecule has 2 aromatic carbocycles. The minimum atomic E-state index is -0.663. The Morgan fingerprint density at radius 2 is 2.12 bits per heavy atom. The maximum atomic E-state index is 13.5. The van der Waals surface area contributed by atoms with Crippen LogP contribution in [0.15, 0.2) is 48.5 Å². The van der Waals surface area contributed by atoms with Crippen LogP contribution in [0.4, 0.5) is 4.39 Å². The molecule has 1 aliphatic rings. The van der Waals surface area contributed by atoms with E-state index in [1.165, 1.54) is 17.0 Å². The molecule has 1 aliphatic heterocycles. The molecule has 1 N–H and O–H groups in total. The van der Waals surface area contributed by atoms with Gasteiger partial charge in [0.15, 0.2) is 6.61 Å². The Balaban J connectivity index is 1.73. The monoisotopic (exact) mass is 340 g/mol. The van der Waals surface area contributed by atoms with E-state index in [1.807, 2.05) is 6.07 Å². The van der Waals surface area contributed by atoms with Crippen LogP contribution < -0.4 is 4.74 Å². The Kier molecular flexibility index (Phi) is 4.96. The summed E-state index contributed by atoms with van der Waals surface area (Å²) in [6.45, 7) is -0.0828. The third-order valence-corrected chi connectivity index (χ3v) is 4.19. The highest BCUT2D eigenvalue weighted by molar-refractivity contribution is 5.78. The quantitative estimate of drug-likeness (QED) is 0.928. The highest BCUT2D eigenvalue weighted by atomic mass is 19.1. The van der Waals surface area contributed by atoms with Crippen molar-refractivity contribution in [2.75, 3.05) is 13.2 Å². The fourth-order valence-corrected chi connectivity index (χ4v) is 3.03. The van der Waals surface area contributed by atoms with Crippen LogP contribution in [0.3, 0.4) is 0 Å². The van der Waals surface area contributed by atoms with Crippen molar-refractivity contribution in [2.45, 2.75) is 18.6 Å². The molecule has 1 heterocycles. The van der Waals surface area contributed by atoms with Gasteiger partial charge in [-0.15, -0.1) is 0 Å². The van der Waals surface area contributed by atoms with Crippen LogP contribution in [-0.2, 0) is 4.79 Å². The fraction of sp³-hybridized carbons (Fsp3) is 0.263. The number of nitriles is 1. The summed E-state index contributed by atoms with van der Waals surface area (Å²) in [5.41, 5.74) is 0.987. The molecule has 5 nitrogen and oxygen atoms in total. The van der Waals surface area contributed by atoms with Gasteiger partial charge in [-0.05, 0) is 36.2 Å². The Bertz CT molecular complexity index is 818. The third-order valence-electron chi connectivity index (χ3n) is 4.19. The molecule has 0 bridgehead atoms. The highest BCUT2D eigenvalue weighted by Gasteiger charge is 2.35. The molecule has 0 unspecified atom stereocenters. The van der Waals surface area contributed by atoms with Crippen molar-refractivity contribution >= 4 is 5.91 Å². The van der Waals surface area contributed by atoms with Gasteiger partial charge in [0, 0.05) is 6.54 Å². The average Bonchev–Trinajstić information content (AvgIpc) is 3.02. The van der Waals surface area contributed by atoms with Crippen LogP contribution >= 0.6 is 0 Å². The predicted octanol–water partition coefficient (Wildman–Crippen LogP) is 2.41. The van der Waals surface area contributed by atoms with Gasteiger partial charge < -0.3 is 14.7 Å². The Labute approximate surface area is 144 Å². The topological polar surface area (TPSA) is 73.6 Å². The molecule has 1 amide bonds. The number of amides is 1. The number of β-amino-alcohol motifs (C(OH)–C–C–N with tert-alkyl or cyclic N) is 1.